The van der Waals surface area contributed by atoms with E-state index in [4.69, 9.17) is 18.9 Å². The van der Waals surface area contributed by atoms with Gasteiger partial charge in [0.15, 0.2) is 11.5 Å². The lowest BCUT2D eigenvalue weighted by atomic mass is 9.93. The van der Waals surface area contributed by atoms with Crippen LogP contribution in [0.25, 0.3) is 5.76 Å². The van der Waals surface area contributed by atoms with Crippen molar-refractivity contribution in [1.29, 1.82) is 0 Å². The fourth-order valence-electron chi connectivity index (χ4n) is 5.03. The maximum atomic E-state index is 13.4. The quantitative estimate of drug-likeness (QED) is 0.312. The molecule has 1 amide bonds. The molecule has 0 radical (unpaired) electrons. The van der Waals surface area contributed by atoms with Gasteiger partial charge in [0.25, 0.3) is 11.7 Å². The number of likely N-dealkylation sites (tertiary alicyclic amines) is 1. The highest BCUT2D eigenvalue weighted by atomic mass is 16.5. The number of nitrogens with zero attached hydrogens (tertiary/aromatic N) is 2. The van der Waals surface area contributed by atoms with Crippen molar-refractivity contribution in [2.45, 2.75) is 19.4 Å². The number of aryl methyl sites for hydroxylation is 1. The average Bonchev–Trinajstić information content (AvgIpc) is 3.17. The molecule has 2 saturated heterocycles. The lowest BCUT2D eigenvalue weighted by molar-refractivity contribution is -0.140. The van der Waals surface area contributed by atoms with Crippen LogP contribution in [0.4, 0.5) is 0 Å². The second kappa shape index (κ2) is 11.7. The summed E-state index contributed by atoms with van der Waals surface area (Å²) in [7, 11) is 4.61. The van der Waals surface area contributed by atoms with Gasteiger partial charge in [-0.15, -0.1) is 0 Å². The molecule has 0 aromatic heterocycles. The first kappa shape index (κ1) is 26.5. The minimum absolute atomic E-state index is 0.0208. The normalized spacial score (nSPS) is 19.8. The summed E-state index contributed by atoms with van der Waals surface area (Å²) in [6, 6.07) is 9.62. The first-order valence-corrected chi connectivity index (χ1v) is 12.4. The largest absolute Gasteiger partial charge is 0.507 e. The Morgan fingerprint density at radius 1 is 1.00 bits per heavy atom. The number of aliphatic hydroxyl groups excluding tert-OH is 1. The summed E-state index contributed by atoms with van der Waals surface area (Å²) < 4.78 is 21.9. The Bertz CT molecular complexity index is 1190. The Labute approximate surface area is 217 Å². The number of Topliss-reactive ketones (excluding diaryl/α,β-unsaturated/α-hetero) is 1. The molecule has 1 atom stereocenters. The second-order valence-electron chi connectivity index (χ2n) is 9.07. The molecule has 0 bridgehead atoms. The lowest BCUT2D eigenvalue weighted by Gasteiger charge is -2.30. The van der Waals surface area contributed by atoms with E-state index in [-0.39, 0.29) is 11.3 Å². The van der Waals surface area contributed by atoms with Crippen LogP contribution in [0.2, 0.25) is 0 Å². The van der Waals surface area contributed by atoms with E-state index in [1.165, 1.54) is 19.1 Å². The van der Waals surface area contributed by atoms with E-state index in [0.717, 1.165) is 25.2 Å². The number of carbonyl (C=O) groups is 2. The van der Waals surface area contributed by atoms with Crippen LogP contribution in [0.5, 0.6) is 17.2 Å². The first-order chi connectivity index (χ1) is 17.9. The van der Waals surface area contributed by atoms with Gasteiger partial charge in [0.1, 0.15) is 11.5 Å². The van der Waals surface area contributed by atoms with Crippen molar-refractivity contribution in [3.05, 3.63) is 58.7 Å². The lowest BCUT2D eigenvalue weighted by Crippen LogP contribution is -2.39. The third kappa shape index (κ3) is 5.28. The zero-order valence-corrected chi connectivity index (χ0v) is 21.8. The smallest absolute Gasteiger partial charge is 0.295 e. The van der Waals surface area contributed by atoms with Gasteiger partial charge in [0, 0.05) is 37.3 Å². The number of hydrogen-bond acceptors (Lipinski definition) is 8. The molecule has 0 aliphatic carbocycles. The van der Waals surface area contributed by atoms with Crippen LogP contribution in [0.3, 0.4) is 0 Å². The number of ketones is 1. The van der Waals surface area contributed by atoms with Crippen molar-refractivity contribution in [2.75, 3.05) is 60.7 Å². The molecule has 9 heteroatoms. The maximum Gasteiger partial charge on any atom is 0.295 e. The number of methoxy groups -OCH3 is 3. The van der Waals surface area contributed by atoms with Crippen molar-refractivity contribution in [3.63, 3.8) is 0 Å². The first-order valence-electron chi connectivity index (χ1n) is 12.4. The molecule has 37 heavy (non-hydrogen) atoms. The van der Waals surface area contributed by atoms with Gasteiger partial charge >= 0.3 is 0 Å². The van der Waals surface area contributed by atoms with Crippen LogP contribution < -0.4 is 14.2 Å². The van der Waals surface area contributed by atoms with E-state index in [9.17, 15) is 14.7 Å². The van der Waals surface area contributed by atoms with Gasteiger partial charge < -0.3 is 29.0 Å². The van der Waals surface area contributed by atoms with Gasteiger partial charge in [-0.1, -0.05) is 12.1 Å². The zero-order chi connectivity index (χ0) is 26.5. The van der Waals surface area contributed by atoms with Gasteiger partial charge in [-0.05, 0) is 43.2 Å². The van der Waals surface area contributed by atoms with Crippen LogP contribution in [0.15, 0.2) is 42.0 Å². The van der Waals surface area contributed by atoms with Crippen LogP contribution >= 0.6 is 0 Å². The molecule has 2 aliphatic heterocycles. The minimum Gasteiger partial charge on any atom is -0.507 e. The summed E-state index contributed by atoms with van der Waals surface area (Å²) in [4.78, 5) is 30.6. The standard InChI is InChI=1S/C28H34N2O7/c1-18-17-19(9-10-21(18)34-2)25(31)23-24(20-7-5-8-22(35-3)27(20)36-4)30(28(33)26(23)32)12-6-11-29-13-15-37-16-14-29/h5,7-10,17,24,31H,6,11-16H2,1-4H3. The third-order valence-corrected chi connectivity index (χ3v) is 6.91. The number of ether oxygens (including phenoxy) is 4. The molecule has 2 fully saturated rings. The predicted octanol–water partition coefficient (Wildman–Crippen LogP) is 3.16. The van der Waals surface area contributed by atoms with E-state index < -0.39 is 17.7 Å². The molecule has 2 heterocycles. The maximum absolute atomic E-state index is 13.4. The summed E-state index contributed by atoms with van der Waals surface area (Å²) in [5.41, 5.74) is 1.81. The highest BCUT2D eigenvalue weighted by Crippen LogP contribution is 2.45. The molecular formula is C28H34N2O7. The summed E-state index contributed by atoms with van der Waals surface area (Å²) in [5.74, 6) is -0.0808. The number of rotatable bonds is 9. The molecule has 4 rings (SSSR count). The van der Waals surface area contributed by atoms with Gasteiger partial charge in [-0.3, -0.25) is 14.5 Å². The number of aliphatic hydroxyl groups is 1. The highest BCUT2D eigenvalue weighted by Gasteiger charge is 2.47. The Hall–Kier alpha value is -3.56. The second-order valence-corrected chi connectivity index (χ2v) is 9.07. The molecule has 2 aromatic carbocycles. The van der Waals surface area contributed by atoms with Crippen LogP contribution in [-0.2, 0) is 14.3 Å². The highest BCUT2D eigenvalue weighted by molar-refractivity contribution is 6.46. The van der Waals surface area contributed by atoms with Gasteiger partial charge in [0.05, 0.1) is 46.2 Å². The van der Waals surface area contributed by atoms with E-state index in [1.807, 2.05) is 6.92 Å². The molecule has 0 saturated carbocycles. The van der Waals surface area contributed by atoms with Crippen molar-refractivity contribution >= 4 is 17.4 Å². The number of para-hydroxylation sites is 1. The van der Waals surface area contributed by atoms with Crippen LogP contribution in [-0.4, -0.2) is 87.3 Å². The third-order valence-electron chi connectivity index (χ3n) is 6.91. The zero-order valence-electron chi connectivity index (χ0n) is 21.8. The van der Waals surface area contributed by atoms with Crippen LogP contribution in [0, 0.1) is 6.92 Å². The Balaban J connectivity index is 1.77. The molecular weight excluding hydrogens is 476 g/mol. The number of hydrogen-bond donors (Lipinski definition) is 1. The Kier molecular flexibility index (Phi) is 8.35. The van der Waals surface area contributed by atoms with E-state index in [0.29, 0.717) is 54.6 Å². The van der Waals surface area contributed by atoms with Crippen molar-refractivity contribution < 1.29 is 33.6 Å². The predicted molar refractivity (Wildman–Crippen MR) is 138 cm³/mol. The van der Waals surface area contributed by atoms with E-state index >= 15 is 0 Å². The summed E-state index contributed by atoms with van der Waals surface area (Å²) in [5, 5.41) is 11.4. The molecule has 2 aromatic rings. The fraction of sp³-hybridized carbons (Fsp3) is 0.429. The Morgan fingerprint density at radius 2 is 1.73 bits per heavy atom. The minimum atomic E-state index is -0.836. The summed E-state index contributed by atoms with van der Waals surface area (Å²) >= 11 is 0. The number of morpholine rings is 1. The molecule has 2 aliphatic rings. The molecule has 9 nitrogen and oxygen atoms in total. The average molecular weight is 511 g/mol. The van der Waals surface area contributed by atoms with Crippen molar-refractivity contribution in [3.8, 4) is 17.2 Å². The molecule has 1 N–H and O–H groups in total. The van der Waals surface area contributed by atoms with Gasteiger partial charge in [-0.25, -0.2) is 0 Å². The molecule has 0 spiro atoms. The number of benzene rings is 2. The monoisotopic (exact) mass is 510 g/mol. The van der Waals surface area contributed by atoms with Crippen molar-refractivity contribution in [2.24, 2.45) is 0 Å². The van der Waals surface area contributed by atoms with Crippen molar-refractivity contribution in [1.82, 2.24) is 9.80 Å². The van der Waals surface area contributed by atoms with Crippen LogP contribution in [0.1, 0.15) is 29.2 Å². The summed E-state index contributed by atoms with van der Waals surface area (Å²) in [6.07, 6.45) is 0.664. The molecule has 1 unspecified atom stereocenters. The van der Waals surface area contributed by atoms with E-state index in [2.05, 4.69) is 4.90 Å². The SMILES string of the molecule is COc1ccc(C(O)=C2C(=O)C(=O)N(CCCN3CCOCC3)C2c2cccc(OC)c2OC)cc1C. The summed E-state index contributed by atoms with van der Waals surface area (Å²) in [6.45, 7) is 6.00. The fourth-order valence-corrected chi connectivity index (χ4v) is 5.03. The number of carbonyl (C=O) groups excluding carboxylic acids is 2. The van der Waals surface area contributed by atoms with E-state index in [1.54, 1.807) is 43.5 Å². The Morgan fingerprint density at radius 3 is 2.38 bits per heavy atom. The topological polar surface area (TPSA) is 97.8 Å². The van der Waals surface area contributed by atoms with Gasteiger partial charge in [0.2, 0.25) is 0 Å². The number of amides is 1. The van der Waals surface area contributed by atoms with Gasteiger partial charge in [-0.2, -0.15) is 0 Å². The molecule has 198 valence electrons.